The van der Waals surface area contributed by atoms with E-state index in [4.69, 9.17) is 25.2 Å². The summed E-state index contributed by atoms with van der Waals surface area (Å²) in [6, 6.07) is 20.9. The summed E-state index contributed by atoms with van der Waals surface area (Å²) in [4.78, 5) is 12.5. The van der Waals surface area contributed by atoms with Crippen LogP contribution in [-0.2, 0) is 16.1 Å². The van der Waals surface area contributed by atoms with Crippen LogP contribution in [-0.4, -0.2) is 20.2 Å². The van der Waals surface area contributed by atoms with Crippen LogP contribution in [0.15, 0.2) is 66.7 Å². The number of hydrogen-bond acceptors (Lipinski definition) is 7. The van der Waals surface area contributed by atoms with Gasteiger partial charge in [-0.3, -0.25) is 0 Å². The van der Waals surface area contributed by atoms with E-state index in [2.05, 4.69) is 11.4 Å². The van der Waals surface area contributed by atoms with Gasteiger partial charge in [-0.1, -0.05) is 30.3 Å². The molecule has 158 valence electrons. The number of nitrogen functional groups attached to an aromatic ring is 1. The van der Waals surface area contributed by atoms with Crippen LogP contribution in [0.1, 0.15) is 22.7 Å². The van der Waals surface area contributed by atoms with Crippen LogP contribution in [0.5, 0.6) is 11.5 Å². The molecule has 3 N–H and O–H groups in total. The minimum atomic E-state index is -0.880. The van der Waals surface area contributed by atoms with Gasteiger partial charge in [-0.25, -0.2) is 4.79 Å². The lowest BCUT2D eigenvalue weighted by molar-refractivity contribution is -0.141. The predicted molar refractivity (Wildman–Crippen MR) is 118 cm³/mol. The average Bonchev–Trinajstić information content (AvgIpc) is 2.82. The zero-order chi connectivity index (χ0) is 22.2. The topological polar surface area (TPSA) is 107 Å². The minimum Gasteiger partial charge on any atom is -0.493 e. The third-order valence-electron chi connectivity index (χ3n) is 4.68. The van der Waals surface area contributed by atoms with E-state index in [0.717, 1.165) is 5.56 Å². The second-order valence-electron chi connectivity index (χ2n) is 6.70. The lowest BCUT2D eigenvalue weighted by Crippen LogP contribution is -2.23. The molecule has 1 unspecified atom stereocenters. The lowest BCUT2D eigenvalue weighted by atomic mass is 10.0. The molecule has 0 saturated heterocycles. The molecular formula is C24H23N3O4. The van der Waals surface area contributed by atoms with E-state index in [1.54, 1.807) is 36.4 Å². The van der Waals surface area contributed by atoms with Crippen LogP contribution < -0.4 is 20.5 Å². The van der Waals surface area contributed by atoms with Crippen LogP contribution in [0.2, 0.25) is 0 Å². The van der Waals surface area contributed by atoms with Gasteiger partial charge in [-0.15, -0.1) is 0 Å². The third kappa shape index (κ3) is 5.25. The molecule has 0 aliphatic rings. The fourth-order valence-electron chi connectivity index (χ4n) is 3.04. The normalized spacial score (nSPS) is 11.1. The van der Waals surface area contributed by atoms with E-state index in [1.165, 1.54) is 14.2 Å². The number of methoxy groups -OCH3 is 2. The molecule has 31 heavy (non-hydrogen) atoms. The van der Waals surface area contributed by atoms with Crippen LogP contribution in [0.25, 0.3) is 0 Å². The number of ether oxygens (including phenoxy) is 3. The quantitative estimate of drug-likeness (QED) is 0.420. The molecule has 3 aromatic carbocycles. The zero-order valence-electron chi connectivity index (χ0n) is 17.3. The summed E-state index contributed by atoms with van der Waals surface area (Å²) in [6.45, 7) is 0.347. The molecule has 0 amide bonds. The van der Waals surface area contributed by atoms with E-state index in [1.807, 2.05) is 30.3 Å². The Bertz CT molecular complexity index is 1080. The van der Waals surface area contributed by atoms with Gasteiger partial charge in [0.2, 0.25) is 0 Å². The van der Waals surface area contributed by atoms with Crippen LogP contribution >= 0.6 is 0 Å². The fraction of sp³-hybridized carbons (Fsp3) is 0.167. The average molecular weight is 417 g/mol. The van der Waals surface area contributed by atoms with Crippen molar-refractivity contribution in [3.8, 4) is 17.6 Å². The maximum atomic E-state index is 12.5. The molecule has 0 aliphatic carbocycles. The van der Waals surface area contributed by atoms with Crippen LogP contribution in [0.3, 0.4) is 0 Å². The zero-order valence-corrected chi connectivity index (χ0v) is 17.3. The van der Waals surface area contributed by atoms with E-state index in [-0.39, 0.29) is 0 Å². The van der Waals surface area contributed by atoms with Gasteiger partial charge in [0, 0.05) is 23.0 Å². The summed E-state index contributed by atoms with van der Waals surface area (Å²) in [6.07, 6.45) is 0. The van der Waals surface area contributed by atoms with Crippen molar-refractivity contribution < 1.29 is 19.0 Å². The standard InChI is InChI=1S/C24H23N3O4/c1-29-21-12-19(20(26)13-22(21)31-15-17-6-4-3-5-7-17)23(24(28)30-2)27-18-10-8-16(14-25)9-11-18/h3-13,23,27H,15,26H2,1-2H3. The molecule has 0 spiro atoms. The molecule has 7 nitrogen and oxygen atoms in total. The Hall–Kier alpha value is -4.18. The van der Waals surface area contributed by atoms with Crippen molar-refractivity contribution in [1.29, 1.82) is 5.26 Å². The first kappa shape index (κ1) is 21.5. The van der Waals surface area contributed by atoms with Gasteiger partial charge in [0.25, 0.3) is 0 Å². The summed E-state index contributed by atoms with van der Waals surface area (Å²) in [7, 11) is 2.83. The number of carbonyl (C=O) groups is 1. The molecule has 3 rings (SSSR count). The van der Waals surface area contributed by atoms with Crippen molar-refractivity contribution in [3.05, 3.63) is 83.4 Å². The summed E-state index contributed by atoms with van der Waals surface area (Å²) in [5.41, 5.74) is 9.27. The van der Waals surface area contributed by atoms with Crippen molar-refractivity contribution >= 4 is 17.3 Å². The maximum Gasteiger partial charge on any atom is 0.333 e. The number of nitriles is 1. The summed E-state index contributed by atoms with van der Waals surface area (Å²) < 4.78 is 16.3. The van der Waals surface area contributed by atoms with E-state index in [9.17, 15) is 4.79 Å². The maximum absolute atomic E-state index is 12.5. The minimum absolute atomic E-state index is 0.347. The third-order valence-corrected chi connectivity index (χ3v) is 4.68. The number of anilines is 2. The first-order valence-corrected chi connectivity index (χ1v) is 9.54. The van der Waals surface area contributed by atoms with Gasteiger partial charge in [0.05, 0.1) is 25.9 Å². The van der Waals surface area contributed by atoms with E-state index < -0.39 is 12.0 Å². The SMILES string of the molecule is COC(=O)C(Nc1ccc(C#N)cc1)c1cc(OC)c(OCc2ccccc2)cc1N. The highest BCUT2D eigenvalue weighted by Crippen LogP contribution is 2.37. The second-order valence-corrected chi connectivity index (χ2v) is 6.70. The smallest absolute Gasteiger partial charge is 0.333 e. The number of esters is 1. The number of nitrogens with one attached hydrogen (secondary N) is 1. The van der Waals surface area contributed by atoms with E-state index in [0.29, 0.717) is 40.6 Å². The Kier molecular flexibility index (Phi) is 6.97. The highest BCUT2D eigenvalue weighted by molar-refractivity contribution is 5.84. The monoisotopic (exact) mass is 417 g/mol. The first-order valence-electron chi connectivity index (χ1n) is 9.54. The number of nitrogens with two attached hydrogens (primary N) is 1. The Morgan fingerprint density at radius 2 is 1.77 bits per heavy atom. The molecule has 3 aromatic rings. The fourth-order valence-corrected chi connectivity index (χ4v) is 3.04. The summed E-state index contributed by atoms with van der Waals surface area (Å²) in [5.74, 6) is 0.390. The Balaban J connectivity index is 1.89. The van der Waals surface area contributed by atoms with E-state index >= 15 is 0 Å². The van der Waals surface area contributed by atoms with Gasteiger partial charge in [0.1, 0.15) is 6.61 Å². The molecule has 0 fully saturated rings. The van der Waals surface area contributed by atoms with Gasteiger partial charge >= 0.3 is 5.97 Å². The predicted octanol–water partition coefficient (Wildman–Crippen LogP) is 4.05. The van der Waals surface area contributed by atoms with Gasteiger partial charge in [0.15, 0.2) is 17.5 Å². The van der Waals surface area contributed by atoms with Crippen molar-refractivity contribution in [3.63, 3.8) is 0 Å². The van der Waals surface area contributed by atoms with Gasteiger partial charge in [-0.05, 0) is 35.9 Å². The van der Waals surface area contributed by atoms with Crippen molar-refractivity contribution in [2.24, 2.45) is 0 Å². The lowest BCUT2D eigenvalue weighted by Gasteiger charge is -2.21. The van der Waals surface area contributed by atoms with Crippen LogP contribution in [0, 0.1) is 11.3 Å². The molecule has 0 radical (unpaired) electrons. The van der Waals surface area contributed by atoms with Crippen molar-refractivity contribution in [2.45, 2.75) is 12.6 Å². The highest BCUT2D eigenvalue weighted by Gasteiger charge is 2.26. The molecule has 7 heteroatoms. The molecule has 1 atom stereocenters. The number of benzene rings is 3. The summed E-state index contributed by atoms with van der Waals surface area (Å²) >= 11 is 0. The number of rotatable bonds is 8. The Morgan fingerprint density at radius 1 is 1.06 bits per heavy atom. The first-order chi connectivity index (χ1) is 15.0. The largest absolute Gasteiger partial charge is 0.493 e. The molecule has 0 heterocycles. The van der Waals surface area contributed by atoms with Gasteiger partial charge in [-0.2, -0.15) is 5.26 Å². The number of nitrogens with zero attached hydrogens (tertiary/aromatic N) is 1. The molecule has 0 saturated carbocycles. The summed E-state index contributed by atoms with van der Waals surface area (Å²) in [5, 5.41) is 12.1. The Morgan fingerprint density at radius 3 is 2.39 bits per heavy atom. The molecular weight excluding hydrogens is 394 g/mol. The van der Waals surface area contributed by atoms with Crippen molar-refractivity contribution in [1.82, 2.24) is 0 Å². The molecule has 0 aromatic heterocycles. The van der Waals surface area contributed by atoms with Crippen LogP contribution in [0.4, 0.5) is 11.4 Å². The van der Waals surface area contributed by atoms with Gasteiger partial charge < -0.3 is 25.3 Å². The number of carbonyl (C=O) groups excluding carboxylic acids is 1. The Labute approximate surface area is 181 Å². The highest BCUT2D eigenvalue weighted by atomic mass is 16.5. The second kappa shape index (κ2) is 10.0. The molecule has 0 bridgehead atoms. The van der Waals surface area contributed by atoms with Crippen molar-refractivity contribution in [2.75, 3.05) is 25.3 Å². The number of hydrogen-bond donors (Lipinski definition) is 2. The molecule has 0 aliphatic heterocycles.